The van der Waals surface area contributed by atoms with Crippen molar-refractivity contribution in [3.63, 3.8) is 0 Å². The summed E-state index contributed by atoms with van der Waals surface area (Å²) in [6.07, 6.45) is 3.89. The van der Waals surface area contributed by atoms with Crippen molar-refractivity contribution >= 4 is 45.5 Å². The van der Waals surface area contributed by atoms with E-state index in [0.717, 1.165) is 24.4 Å². The molecule has 6 nitrogen and oxygen atoms in total. The molecule has 0 saturated heterocycles. The lowest BCUT2D eigenvalue weighted by Crippen LogP contribution is -2.42. The normalized spacial score (nSPS) is 11.5. The number of carbonyl (C=O) groups excluding carboxylic acids is 2. The number of anilines is 1. The fourth-order valence-electron chi connectivity index (χ4n) is 1.73. The summed E-state index contributed by atoms with van der Waals surface area (Å²) in [6, 6.07) is -0.542. The van der Waals surface area contributed by atoms with Crippen molar-refractivity contribution in [2.75, 3.05) is 11.9 Å². The van der Waals surface area contributed by atoms with Gasteiger partial charge in [0.15, 0.2) is 5.13 Å². The van der Waals surface area contributed by atoms with Crippen LogP contribution in [-0.2, 0) is 9.59 Å². The lowest BCUT2D eigenvalue weighted by molar-refractivity contribution is -0.125. The van der Waals surface area contributed by atoms with Gasteiger partial charge < -0.3 is 16.0 Å². The Morgan fingerprint density at radius 1 is 1.38 bits per heavy atom. The zero-order valence-electron chi connectivity index (χ0n) is 12.1. The maximum absolute atomic E-state index is 12.1. The zero-order chi connectivity index (χ0) is 15.7. The van der Waals surface area contributed by atoms with Gasteiger partial charge >= 0.3 is 0 Å². The number of carbonyl (C=O) groups is 2. The Labute approximate surface area is 133 Å². The monoisotopic (exact) mass is 328 g/mol. The Morgan fingerprint density at radius 2 is 2.14 bits per heavy atom. The highest BCUT2D eigenvalue weighted by atomic mass is 32.1. The van der Waals surface area contributed by atoms with E-state index in [2.05, 4.69) is 20.9 Å². The molecule has 0 spiro atoms. The zero-order valence-corrected chi connectivity index (χ0v) is 13.8. The van der Waals surface area contributed by atoms with Crippen molar-refractivity contribution in [3.8, 4) is 0 Å². The lowest BCUT2D eigenvalue weighted by atomic mass is 10.1. The quantitative estimate of drug-likeness (QED) is 0.500. The van der Waals surface area contributed by atoms with E-state index in [-0.39, 0.29) is 11.8 Å². The van der Waals surface area contributed by atoms with Crippen LogP contribution in [0.4, 0.5) is 5.13 Å². The summed E-state index contributed by atoms with van der Waals surface area (Å²) in [7, 11) is 0. The first-order chi connectivity index (χ1) is 9.99. The maximum Gasteiger partial charge on any atom is 0.248 e. The largest absolute Gasteiger partial charge is 0.380 e. The summed E-state index contributed by atoms with van der Waals surface area (Å²) < 4.78 is 0. The minimum atomic E-state index is -0.542. The minimum absolute atomic E-state index is 0.220. The molecule has 0 aliphatic heterocycles. The third kappa shape index (κ3) is 7.72. The summed E-state index contributed by atoms with van der Waals surface area (Å²) in [5, 5.41) is 10.8. The van der Waals surface area contributed by atoms with Gasteiger partial charge in [-0.25, -0.2) is 4.98 Å². The molecule has 0 aromatic carbocycles. The van der Waals surface area contributed by atoms with Crippen molar-refractivity contribution in [1.29, 1.82) is 0 Å². The number of hydrogen-bond acceptors (Lipinski definition) is 5. The Balaban J connectivity index is 2.41. The second-order valence-electron chi connectivity index (χ2n) is 4.56. The number of nitrogens with one attached hydrogen (secondary N) is 3. The summed E-state index contributed by atoms with van der Waals surface area (Å²) in [4.78, 5) is 28.1. The minimum Gasteiger partial charge on any atom is -0.380 e. The van der Waals surface area contributed by atoms with Gasteiger partial charge in [-0.1, -0.05) is 12.2 Å². The summed E-state index contributed by atoms with van der Waals surface area (Å²) in [5.41, 5.74) is 0. The van der Waals surface area contributed by atoms with Crippen LogP contribution in [0.25, 0.3) is 0 Å². The van der Waals surface area contributed by atoms with E-state index in [1.54, 1.807) is 11.6 Å². The third-order valence-electron chi connectivity index (χ3n) is 2.65. The molecular weight excluding hydrogens is 308 g/mol. The Kier molecular flexibility index (Phi) is 7.84. The van der Waals surface area contributed by atoms with Gasteiger partial charge in [-0.05, 0) is 26.2 Å². The smallest absolute Gasteiger partial charge is 0.248 e. The van der Waals surface area contributed by atoms with Gasteiger partial charge in [-0.2, -0.15) is 0 Å². The van der Waals surface area contributed by atoms with Gasteiger partial charge in [0, 0.05) is 25.0 Å². The molecule has 0 aliphatic carbocycles. The average molecular weight is 328 g/mol. The number of thiocarbonyl (C=S) groups is 1. The predicted octanol–water partition coefficient (Wildman–Crippen LogP) is 1.69. The molecular formula is C13H20N4O2S2. The standard InChI is InChI=1S/C13H20N4O2S2/c1-9(18)16-11(5-3-4-6-14-10(2)20)12(19)17-13-15-7-8-21-13/h7-8,11H,3-6H2,1-2H3,(H,14,20)(H,16,18)(H,15,17,19)/t11-/m0/s1. The van der Waals surface area contributed by atoms with Gasteiger partial charge in [-0.15, -0.1) is 11.3 Å². The molecule has 8 heteroatoms. The van der Waals surface area contributed by atoms with Gasteiger partial charge in [0.25, 0.3) is 0 Å². The fourth-order valence-corrected chi connectivity index (χ4v) is 2.36. The topological polar surface area (TPSA) is 83.1 Å². The second-order valence-corrected chi connectivity index (χ2v) is 6.07. The van der Waals surface area contributed by atoms with Crippen LogP contribution in [0.5, 0.6) is 0 Å². The number of aromatic nitrogens is 1. The molecule has 1 rings (SSSR count). The molecule has 2 amide bonds. The first-order valence-electron chi connectivity index (χ1n) is 6.71. The number of hydrogen-bond donors (Lipinski definition) is 3. The molecule has 21 heavy (non-hydrogen) atoms. The van der Waals surface area contributed by atoms with E-state index in [1.807, 2.05) is 6.92 Å². The van der Waals surface area contributed by atoms with Crippen LogP contribution < -0.4 is 16.0 Å². The molecule has 1 heterocycles. The molecule has 3 N–H and O–H groups in total. The highest BCUT2D eigenvalue weighted by Gasteiger charge is 2.19. The highest BCUT2D eigenvalue weighted by Crippen LogP contribution is 2.12. The van der Waals surface area contributed by atoms with Crippen molar-refractivity contribution in [2.45, 2.75) is 39.2 Å². The number of nitrogens with zero attached hydrogens (tertiary/aromatic N) is 1. The maximum atomic E-state index is 12.1. The van der Waals surface area contributed by atoms with Crippen LogP contribution >= 0.6 is 23.6 Å². The second kappa shape index (κ2) is 9.41. The third-order valence-corrected chi connectivity index (χ3v) is 3.48. The van der Waals surface area contributed by atoms with Gasteiger partial charge in [0.2, 0.25) is 11.8 Å². The molecule has 1 aromatic heterocycles. The number of unbranched alkanes of at least 4 members (excludes halogenated alkanes) is 1. The number of amides is 2. The van der Waals surface area contributed by atoms with Crippen LogP contribution in [-0.4, -0.2) is 34.4 Å². The Bertz CT molecular complexity index is 477. The highest BCUT2D eigenvalue weighted by molar-refractivity contribution is 7.80. The van der Waals surface area contributed by atoms with Crippen LogP contribution in [0, 0.1) is 0 Å². The Hall–Kier alpha value is -1.54. The van der Waals surface area contributed by atoms with Crippen molar-refractivity contribution < 1.29 is 9.59 Å². The first kappa shape index (κ1) is 17.5. The SMILES string of the molecule is CC(=O)N[C@@H](CCCCNC(C)=S)C(=O)Nc1nccs1. The first-order valence-corrected chi connectivity index (χ1v) is 7.99. The van der Waals surface area contributed by atoms with Gasteiger partial charge in [0.1, 0.15) is 6.04 Å². The number of thiazole rings is 1. The predicted molar refractivity (Wildman–Crippen MR) is 88.5 cm³/mol. The molecule has 0 unspecified atom stereocenters. The molecule has 1 atom stereocenters. The molecule has 116 valence electrons. The van der Waals surface area contributed by atoms with Crippen molar-refractivity contribution in [3.05, 3.63) is 11.6 Å². The van der Waals surface area contributed by atoms with E-state index in [9.17, 15) is 9.59 Å². The van der Waals surface area contributed by atoms with E-state index >= 15 is 0 Å². The van der Waals surface area contributed by atoms with Crippen LogP contribution in [0.2, 0.25) is 0 Å². The average Bonchev–Trinajstić information content (AvgIpc) is 2.89. The van der Waals surface area contributed by atoms with Crippen LogP contribution in [0.1, 0.15) is 33.1 Å². The van der Waals surface area contributed by atoms with Gasteiger partial charge in [0.05, 0.1) is 4.99 Å². The van der Waals surface area contributed by atoms with Crippen molar-refractivity contribution in [2.24, 2.45) is 0 Å². The van der Waals surface area contributed by atoms with E-state index < -0.39 is 6.04 Å². The molecule has 0 aliphatic rings. The van der Waals surface area contributed by atoms with E-state index in [4.69, 9.17) is 12.2 Å². The molecule has 0 saturated carbocycles. The molecule has 0 bridgehead atoms. The molecule has 1 aromatic rings. The van der Waals surface area contributed by atoms with E-state index in [1.165, 1.54) is 18.3 Å². The molecule has 0 radical (unpaired) electrons. The fraction of sp³-hybridized carbons (Fsp3) is 0.538. The van der Waals surface area contributed by atoms with Crippen molar-refractivity contribution in [1.82, 2.24) is 15.6 Å². The molecule has 0 fully saturated rings. The van der Waals surface area contributed by atoms with Crippen LogP contribution in [0.3, 0.4) is 0 Å². The summed E-state index contributed by atoms with van der Waals surface area (Å²) in [5.74, 6) is -0.457. The van der Waals surface area contributed by atoms with E-state index in [0.29, 0.717) is 11.6 Å². The summed E-state index contributed by atoms with van der Waals surface area (Å²) in [6.45, 7) is 4.01. The summed E-state index contributed by atoms with van der Waals surface area (Å²) >= 11 is 6.26. The lowest BCUT2D eigenvalue weighted by Gasteiger charge is -2.16. The Morgan fingerprint density at radius 3 is 2.71 bits per heavy atom. The number of rotatable bonds is 8. The van der Waals surface area contributed by atoms with Gasteiger partial charge in [-0.3, -0.25) is 9.59 Å². The van der Waals surface area contributed by atoms with Crippen LogP contribution in [0.15, 0.2) is 11.6 Å².